The molecule has 0 aliphatic rings. The van der Waals surface area contributed by atoms with Gasteiger partial charge in [0.2, 0.25) is 8.83 Å². The predicted molar refractivity (Wildman–Crippen MR) is 56.5 cm³/mol. The highest BCUT2D eigenvalue weighted by molar-refractivity contribution is 7.04. The van der Waals surface area contributed by atoms with E-state index in [-0.39, 0.29) is 8.83 Å². The molecule has 0 aromatic heterocycles. The van der Waals surface area contributed by atoms with Crippen molar-refractivity contribution in [1.82, 2.24) is 0 Å². The van der Waals surface area contributed by atoms with E-state index >= 15 is 0 Å². The van der Waals surface area contributed by atoms with Crippen molar-refractivity contribution >= 4 is 25.1 Å². The maximum Gasteiger partial charge on any atom is 0.210 e. The van der Waals surface area contributed by atoms with Crippen molar-refractivity contribution in [2.45, 2.75) is 13.3 Å². The quantitative estimate of drug-likeness (QED) is 0.513. The molecular weight excluding hydrogens is 184 g/mol. The summed E-state index contributed by atoms with van der Waals surface area (Å²) in [7, 11) is 0.286. The van der Waals surface area contributed by atoms with Crippen LogP contribution in [0.5, 0.6) is 0 Å². The van der Waals surface area contributed by atoms with E-state index in [1.54, 1.807) is 0 Å². The van der Waals surface area contributed by atoms with E-state index in [1.165, 1.54) is 11.1 Å². The molecular formula is C10H11ClSi. The zero-order chi connectivity index (χ0) is 8.97. The maximum atomic E-state index is 5.74. The van der Waals surface area contributed by atoms with Crippen molar-refractivity contribution in [1.29, 1.82) is 0 Å². The van der Waals surface area contributed by atoms with Gasteiger partial charge in [-0.1, -0.05) is 37.8 Å². The van der Waals surface area contributed by atoms with Gasteiger partial charge in [-0.15, -0.1) is 0 Å². The Bertz CT molecular complexity index is 281. The first kappa shape index (κ1) is 9.55. The van der Waals surface area contributed by atoms with Gasteiger partial charge in [-0.3, -0.25) is 0 Å². The summed E-state index contributed by atoms with van der Waals surface area (Å²) in [6, 6.07) is 8.28. The lowest BCUT2D eigenvalue weighted by molar-refractivity contribution is 1.13. The van der Waals surface area contributed by atoms with Gasteiger partial charge in [0, 0.05) is 0 Å². The number of rotatable bonds is 3. The van der Waals surface area contributed by atoms with Crippen LogP contribution in [0.4, 0.5) is 0 Å². The summed E-state index contributed by atoms with van der Waals surface area (Å²) in [6.07, 6.45) is 1.04. The molecule has 12 heavy (non-hydrogen) atoms. The molecule has 62 valence electrons. The Morgan fingerprint density at radius 1 is 1.50 bits per heavy atom. The topological polar surface area (TPSA) is 0 Å². The number of halogens is 1. The zero-order valence-corrected chi connectivity index (χ0v) is 8.86. The van der Waals surface area contributed by atoms with Crippen LogP contribution in [0.3, 0.4) is 0 Å². The van der Waals surface area contributed by atoms with Gasteiger partial charge in [0.25, 0.3) is 0 Å². The monoisotopic (exact) mass is 194 g/mol. The highest BCUT2D eigenvalue weighted by Crippen LogP contribution is 2.17. The van der Waals surface area contributed by atoms with Crippen molar-refractivity contribution < 1.29 is 0 Å². The van der Waals surface area contributed by atoms with Gasteiger partial charge < -0.3 is 0 Å². The first-order valence-electron chi connectivity index (χ1n) is 3.93. The molecule has 0 heterocycles. The largest absolute Gasteiger partial charge is 0.210 e. The van der Waals surface area contributed by atoms with Crippen LogP contribution in [0.2, 0.25) is 0 Å². The first-order chi connectivity index (χ1) is 5.79. The molecule has 0 atom stereocenters. The average Bonchev–Trinajstić information content (AvgIpc) is 2.16. The molecule has 0 aliphatic heterocycles. The summed E-state index contributed by atoms with van der Waals surface area (Å²) in [5.41, 5.74) is 2.55. The third-order valence-corrected chi connectivity index (χ3v) is 3.02. The Morgan fingerprint density at radius 3 is 2.75 bits per heavy atom. The lowest BCUT2D eigenvalue weighted by Crippen LogP contribution is -1.93. The maximum absolute atomic E-state index is 5.74. The Balaban J connectivity index is 3.04. The summed E-state index contributed by atoms with van der Waals surface area (Å²) >= 11 is 5.74. The summed E-state index contributed by atoms with van der Waals surface area (Å²) in [5.74, 6) is 0. The van der Waals surface area contributed by atoms with E-state index in [1.807, 2.05) is 12.1 Å². The van der Waals surface area contributed by atoms with Crippen LogP contribution < -0.4 is 0 Å². The minimum absolute atomic E-state index is 0.286. The van der Waals surface area contributed by atoms with Gasteiger partial charge in [0.1, 0.15) is 0 Å². The van der Waals surface area contributed by atoms with Crippen LogP contribution in [0.1, 0.15) is 18.1 Å². The molecule has 0 unspecified atom stereocenters. The third-order valence-electron chi connectivity index (χ3n) is 1.84. The Labute approximate surface area is 80.8 Å². The molecule has 0 fully saturated rings. The second-order valence-electron chi connectivity index (χ2n) is 2.58. The van der Waals surface area contributed by atoms with Crippen molar-refractivity contribution in [2.75, 3.05) is 0 Å². The molecule has 0 saturated heterocycles. The number of aryl methyl sites for hydroxylation is 1. The van der Waals surface area contributed by atoms with Crippen LogP contribution in [-0.4, -0.2) is 8.83 Å². The molecule has 0 bridgehead atoms. The fraction of sp³-hybridized carbons (Fsp3) is 0.200. The van der Waals surface area contributed by atoms with E-state index in [9.17, 15) is 0 Å². The molecule has 2 heteroatoms. The van der Waals surface area contributed by atoms with Gasteiger partial charge in [0.05, 0.1) is 0 Å². The standard InChI is InChI=1S/C10H11ClSi/c1-3-9-6-4-5-7-10(9)8(2)12-11/h4-7H,2-3H2,1H3. The summed E-state index contributed by atoms with van der Waals surface area (Å²) in [4.78, 5) is 0. The predicted octanol–water partition coefficient (Wildman–Crippen LogP) is 3.08. The van der Waals surface area contributed by atoms with Crippen LogP contribution >= 0.6 is 11.1 Å². The lowest BCUT2D eigenvalue weighted by Gasteiger charge is -2.06. The molecule has 0 spiro atoms. The molecule has 2 radical (unpaired) electrons. The van der Waals surface area contributed by atoms with Crippen LogP contribution in [0.15, 0.2) is 30.8 Å². The molecule has 1 aromatic rings. The SMILES string of the molecule is C=C([Si]Cl)c1ccccc1CC. The van der Waals surface area contributed by atoms with Gasteiger partial charge in [-0.25, -0.2) is 0 Å². The van der Waals surface area contributed by atoms with Crippen LogP contribution in [0.25, 0.3) is 5.20 Å². The fourth-order valence-electron chi connectivity index (χ4n) is 1.17. The second kappa shape index (κ2) is 4.48. The highest BCUT2D eigenvalue weighted by Gasteiger charge is 2.02. The Kier molecular flexibility index (Phi) is 3.57. The molecule has 0 saturated carbocycles. The highest BCUT2D eigenvalue weighted by atomic mass is 35.6. The van der Waals surface area contributed by atoms with Crippen LogP contribution in [-0.2, 0) is 6.42 Å². The molecule has 1 aromatic carbocycles. The van der Waals surface area contributed by atoms with E-state index in [0.717, 1.165) is 11.6 Å². The van der Waals surface area contributed by atoms with Gasteiger partial charge in [-0.05, 0) is 22.7 Å². The van der Waals surface area contributed by atoms with Crippen molar-refractivity contribution in [2.24, 2.45) is 0 Å². The zero-order valence-electron chi connectivity index (χ0n) is 7.10. The van der Waals surface area contributed by atoms with Crippen molar-refractivity contribution in [3.8, 4) is 0 Å². The molecule has 0 amide bonds. The van der Waals surface area contributed by atoms with Crippen molar-refractivity contribution in [3.05, 3.63) is 42.0 Å². The van der Waals surface area contributed by atoms with Crippen LogP contribution in [0, 0.1) is 0 Å². The lowest BCUT2D eigenvalue weighted by atomic mass is 10.1. The average molecular weight is 195 g/mol. The van der Waals surface area contributed by atoms with E-state index in [2.05, 4.69) is 25.6 Å². The molecule has 0 aliphatic carbocycles. The number of hydrogen-bond donors (Lipinski definition) is 0. The van der Waals surface area contributed by atoms with E-state index in [0.29, 0.717) is 0 Å². The first-order valence-corrected chi connectivity index (χ1v) is 5.94. The van der Waals surface area contributed by atoms with E-state index < -0.39 is 0 Å². The molecule has 0 N–H and O–H groups in total. The van der Waals surface area contributed by atoms with Gasteiger partial charge >= 0.3 is 0 Å². The van der Waals surface area contributed by atoms with E-state index in [4.69, 9.17) is 11.1 Å². The Hall–Kier alpha value is -0.533. The van der Waals surface area contributed by atoms with Gasteiger partial charge in [0.15, 0.2) is 0 Å². The minimum atomic E-state index is 0.286. The molecule has 1 rings (SSSR count). The summed E-state index contributed by atoms with van der Waals surface area (Å²) < 4.78 is 0. The number of benzene rings is 1. The summed E-state index contributed by atoms with van der Waals surface area (Å²) in [5, 5.41) is 1.04. The van der Waals surface area contributed by atoms with Gasteiger partial charge in [-0.2, -0.15) is 11.1 Å². The smallest absolute Gasteiger partial charge is 0.165 e. The normalized spacial score (nSPS) is 9.83. The number of hydrogen-bond acceptors (Lipinski definition) is 0. The molecule has 0 nitrogen and oxygen atoms in total. The Morgan fingerprint density at radius 2 is 2.17 bits per heavy atom. The second-order valence-corrected chi connectivity index (χ2v) is 3.94. The summed E-state index contributed by atoms with van der Waals surface area (Å²) in [6.45, 7) is 6.07. The van der Waals surface area contributed by atoms with Crippen molar-refractivity contribution in [3.63, 3.8) is 0 Å². The fourth-order valence-corrected chi connectivity index (χ4v) is 1.83. The minimum Gasteiger partial charge on any atom is -0.165 e. The third kappa shape index (κ3) is 1.99.